The monoisotopic (exact) mass is 350 g/mol. The number of methoxy groups -OCH3 is 1. The molecule has 0 unspecified atom stereocenters. The molecule has 1 aromatic carbocycles. The summed E-state index contributed by atoms with van der Waals surface area (Å²) in [7, 11) is 1.34. The molecule has 24 heavy (non-hydrogen) atoms. The fourth-order valence-corrected chi connectivity index (χ4v) is 4.89. The lowest BCUT2D eigenvalue weighted by molar-refractivity contribution is -0.197. The van der Waals surface area contributed by atoms with Gasteiger partial charge in [-0.3, -0.25) is 9.59 Å². The van der Waals surface area contributed by atoms with Crippen molar-refractivity contribution in [3.05, 3.63) is 35.9 Å². The molecule has 0 spiro atoms. The van der Waals surface area contributed by atoms with Crippen molar-refractivity contribution in [1.29, 1.82) is 0 Å². The lowest BCUT2D eigenvalue weighted by Crippen LogP contribution is -2.80. The number of β-lactam (4-membered cyclic amide) rings is 1. The summed E-state index contributed by atoms with van der Waals surface area (Å²) in [5.41, 5.74) is -1.14. The quantitative estimate of drug-likeness (QED) is 0.619. The van der Waals surface area contributed by atoms with Gasteiger partial charge in [-0.2, -0.15) is 0 Å². The van der Waals surface area contributed by atoms with E-state index in [0.717, 1.165) is 0 Å². The Kier molecular flexibility index (Phi) is 3.84. The first-order valence-electron chi connectivity index (χ1n) is 7.40. The molecule has 0 radical (unpaired) electrons. The van der Waals surface area contributed by atoms with Crippen molar-refractivity contribution in [2.24, 2.45) is 0 Å². The number of rotatable bonds is 4. The van der Waals surface area contributed by atoms with E-state index < -0.39 is 39.7 Å². The predicted octanol–water partition coefficient (Wildman–Crippen LogP) is 0.906. The molecule has 3 atom stereocenters. The number of amides is 2. The first kappa shape index (κ1) is 16.8. The van der Waals surface area contributed by atoms with Gasteiger partial charge in [-0.1, -0.05) is 18.2 Å². The summed E-state index contributed by atoms with van der Waals surface area (Å²) >= 11 is 1.31. The highest BCUT2D eigenvalue weighted by atomic mass is 32.2. The second-order valence-corrected chi connectivity index (χ2v) is 8.02. The number of ether oxygens (including phenoxy) is 1. The Morgan fingerprint density at radius 2 is 1.92 bits per heavy atom. The summed E-state index contributed by atoms with van der Waals surface area (Å²) in [5, 5.41) is 11.5. The fraction of sp³-hybridized carbons (Fsp3) is 0.438. The van der Waals surface area contributed by atoms with Gasteiger partial charge in [0.2, 0.25) is 0 Å². The van der Waals surface area contributed by atoms with Crippen LogP contribution in [0.5, 0.6) is 0 Å². The standard InChI is InChI=1S/C16H18N2O5S/c1-15(2)10(12(20)21)18-13(22)16(23-3,14(18)24-15)17-11(19)9-7-5-4-6-8-9/h4-8,10,14H,1-3H3,(H,17,19)(H,20,21)/t10-,14+,16+/m0/s1. The molecule has 2 aliphatic rings. The lowest BCUT2D eigenvalue weighted by atomic mass is 9.93. The second kappa shape index (κ2) is 5.49. The maximum Gasteiger partial charge on any atom is 0.327 e. The molecule has 2 amide bonds. The van der Waals surface area contributed by atoms with E-state index in [4.69, 9.17) is 4.74 Å². The number of carboxylic acids is 1. The van der Waals surface area contributed by atoms with Gasteiger partial charge in [0.05, 0.1) is 0 Å². The van der Waals surface area contributed by atoms with Crippen LogP contribution in [0.4, 0.5) is 0 Å². The minimum Gasteiger partial charge on any atom is -0.480 e. The van der Waals surface area contributed by atoms with Crippen LogP contribution in [0.15, 0.2) is 30.3 Å². The number of nitrogens with one attached hydrogen (secondary N) is 1. The van der Waals surface area contributed by atoms with Crippen LogP contribution in [0.1, 0.15) is 24.2 Å². The van der Waals surface area contributed by atoms with Gasteiger partial charge in [0.15, 0.2) is 0 Å². The summed E-state index contributed by atoms with van der Waals surface area (Å²) in [6, 6.07) is 7.52. The molecule has 8 heteroatoms. The Balaban J connectivity index is 1.89. The van der Waals surface area contributed by atoms with E-state index in [-0.39, 0.29) is 0 Å². The molecule has 128 valence electrons. The number of aliphatic carboxylic acids is 1. The van der Waals surface area contributed by atoms with Gasteiger partial charge in [-0.05, 0) is 26.0 Å². The molecule has 7 nitrogen and oxygen atoms in total. The summed E-state index contributed by atoms with van der Waals surface area (Å²) in [6.45, 7) is 3.53. The number of carboxylic acid groups (broad SMARTS) is 1. The van der Waals surface area contributed by atoms with Gasteiger partial charge in [0.25, 0.3) is 17.5 Å². The average molecular weight is 350 g/mol. The maximum atomic E-state index is 12.7. The van der Waals surface area contributed by atoms with Crippen LogP contribution in [0.2, 0.25) is 0 Å². The first-order valence-corrected chi connectivity index (χ1v) is 8.28. The van der Waals surface area contributed by atoms with Crippen molar-refractivity contribution in [1.82, 2.24) is 10.2 Å². The van der Waals surface area contributed by atoms with Crippen molar-refractivity contribution >= 4 is 29.5 Å². The smallest absolute Gasteiger partial charge is 0.327 e. The van der Waals surface area contributed by atoms with Gasteiger partial charge in [-0.15, -0.1) is 11.8 Å². The minimum absolute atomic E-state index is 0.400. The Bertz CT molecular complexity index is 708. The third kappa shape index (κ3) is 2.21. The third-order valence-electron chi connectivity index (χ3n) is 4.40. The van der Waals surface area contributed by atoms with Crippen LogP contribution in [-0.4, -0.2) is 56.8 Å². The van der Waals surface area contributed by atoms with E-state index >= 15 is 0 Å². The second-order valence-electron chi connectivity index (χ2n) is 6.29. The highest BCUT2D eigenvalue weighted by molar-refractivity contribution is 8.01. The van der Waals surface area contributed by atoms with Gasteiger partial charge in [-0.25, -0.2) is 4.79 Å². The largest absolute Gasteiger partial charge is 0.480 e. The molecule has 2 saturated heterocycles. The van der Waals surface area contributed by atoms with Crippen LogP contribution < -0.4 is 5.32 Å². The molecule has 2 fully saturated rings. The van der Waals surface area contributed by atoms with Crippen molar-refractivity contribution in [2.75, 3.05) is 7.11 Å². The van der Waals surface area contributed by atoms with Gasteiger partial charge >= 0.3 is 5.97 Å². The minimum atomic E-state index is -1.54. The number of hydrogen-bond acceptors (Lipinski definition) is 5. The Labute approximate surface area is 143 Å². The number of carbonyl (C=O) groups excluding carboxylic acids is 2. The topological polar surface area (TPSA) is 95.9 Å². The zero-order chi connectivity index (χ0) is 17.7. The van der Waals surface area contributed by atoms with Crippen LogP contribution in [0, 0.1) is 0 Å². The van der Waals surface area contributed by atoms with E-state index in [1.807, 2.05) is 0 Å². The van der Waals surface area contributed by atoms with Crippen molar-refractivity contribution in [2.45, 2.75) is 35.7 Å². The third-order valence-corrected chi connectivity index (χ3v) is 6.01. The Morgan fingerprint density at radius 3 is 2.46 bits per heavy atom. The van der Waals surface area contributed by atoms with Gasteiger partial charge in [0, 0.05) is 17.4 Å². The Hall–Kier alpha value is -2.06. The predicted molar refractivity (Wildman–Crippen MR) is 87.4 cm³/mol. The van der Waals surface area contributed by atoms with E-state index in [9.17, 15) is 19.5 Å². The van der Waals surface area contributed by atoms with Crippen LogP contribution >= 0.6 is 11.8 Å². The van der Waals surface area contributed by atoms with Crippen LogP contribution in [0.25, 0.3) is 0 Å². The molecule has 2 heterocycles. The molecule has 0 aliphatic carbocycles. The summed E-state index contributed by atoms with van der Waals surface area (Å²) in [4.78, 5) is 38.0. The molecular formula is C16H18N2O5S. The molecule has 1 aromatic rings. The molecule has 2 N–H and O–H groups in total. The number of thioether (sulfide) groups is 1. The molecule has 3 rings (SSSR count). The summed E-state index contributed by atoms with van der Waals surface area (Å²) < 4.78 is 4.69. The fourth-order valence-electron chi connectivity index (χ4n) is 3.21. The van der Waals surface area contributed by atoms with E-state index in [1.54, 1.807) is 44.2 Å². The molecule has 2 aliphatic heterocycles. The highest BCUT2D eigenvalue weighted by Crippen LogP contribution is 2.55. The number of benzene rings is 1. The van der Waals surface area contributed by atoms with E-state index in [1.165, 1.54) is 23.8 Å². The first-order chi connectivity index (χ1) is 11.2. The van der Waals surface area contributed by atoms with Crippen molar-refractivity contribution in [3.8, 4) is 0 Å². The van der Waals surface area contributed by atoms with Crippen molar-refractivity contribution < 1.29 is 24.2 Å². The summed E-state index contributed by atoms with van der Waals surface area (Å²) in [6.07, 6.45) is 0. The number of hydrogen-bond donors (Lipinski definition) is 2. The zero-order valence-corrected chi connectivity index (χ0v) is 14.3. The maximum absolute atomic E-state index is 12.7. The molecule has 0 saturated carbocycles. The normalized spacial score (nSPS) is 30.5. The number of nitrogens with zero attached hydrogens (tertiary/aromatic N) is 1. The highest BCUT2D eigenvalue weighted by Gasteiger charge is 2.73. The molecular weight excluding hydrogens is 332 g/mol. The van der Waals surface area contributed by atoms with Gasteiger partial charge < -0.3 is 20.1 Å². The Morgan fingerprint density at radius 1 is 1.29 bits per heavy atom. The number of fused-ring (bicyclic) bond motifs is 1. The zero-order valence-electron chi connectivity index (χ0n) is 13.5. The summed E-state index contributed by atoms with van der Waals surface area (Å²) in [5.74, 6) is -2.05. The van der Waals surface area contributed by atoms with Crippen molar-refractivity contribution in [3.63, 3.8) is 0 Å². The van der Waals surface area contributed by atoms with E-state index in [2.05, 4.69) is 5.32 Å². The van der Waals surface area contributed by atoms with Crippen LogP contribution in [-0.2, 0) is 14.3 Å². The van der Waals surface area contributed by atoms with E-state index in [0.29, 0.717) is 5.56 Å². The van der Waals surface area contributed by atoms with Gasteiger partial charge in [0.1, 0.15) is 11.4 Å². The van der Waals surface area contributed by atoms with Crippen LogP contribution in [0.3, 0.4) is 0 Å². The number of carbonyl (C=O) groups is 3. The SMILES string of the molecule is CO[C@]1(NC(=O)c2ccccc2)C(=O)N2[C@@H](C(=O)O)C(C)(C)S[C@@H]21. The molecule has 0 aromatic heterocycles. The lowest BCUT2D eigenvalue weighted by Gasteiger charge is -2.51. The average Bonchev–Trinajstić information content (AvgIpc) is 2.82. The molecule has 0 bridgehead atoms.